The Balaban J connectivity index is 2.08. The van der Waals surface area contributed by atoms with Crippen LogP contribution in [-0.4, -0.2) is 10.9 Å². The highest BCUT2D eigenvalue weighted by atomic mass is 32.1. The summed E-state index contributed by atoms with van der Waals surface area (Å²) in [6, 6.07) is 5.57. The van der Waals surface area contributed by atoms with Crippen LogP contribution in [0.1, 0.15) is 35.3 Å². The van der Waals surface area contributed by atoms with Crippen LogP contribution in [-0.2, 0) is 0 Å². The molecule has 0 aliphatic carbocycles. The number of carbonyl (C=O) groups is 1. The standard InChI is InChI=1S/C13H14N2OS/c1-2-12(11-5-8-17-9-11)15-13(16)10-3-6-14-7-4-10/h3-9,12H,2H2,1H3,(H,15,16)/t12-/m1/s1. The zero-order valence-electron chi connectivity index (χ0n) is 9.59. The third kappa shape index (κ3) is 2.91. The maximum atomic E-state index is 12.0. The van der Waals surface area contributed by atoms with Gasteiger partial charge in [0.2, 0.25) is 0 Å². The molecule has 0 saturated carbocycles. The number of amides is 1. The summed E-state index contributed by atoms with van der Waals surface area (Å²) in [7, 11) is 0. The van der Waals surface area contributed by atoms with Crippen molar-refractivity contribution in [1.82, 2.24) is 10.3 Å². The van der Waals surface area contributed by atoms with E-state index in [4.69, 9.17) is 0 Å². The van der Waals surface area contributed by atoms with Crippen LogP contribution in [0.25, 0.3) is 0 Å². The Labute approximate surface area is 105 Å². The molecule has 0 unspecified atom stereocenters. The highest BCUT2D eigenvalue weighted by Gasteiger charge is 2.13. The summed E-state index contributed by atoms with van der Waals surface area (Å²) in [6.07, 6.45) is 4.13. The van der Waals surface area contributed by atoms with E-state index in [9.17, 15) is 4.79 Å². The van der Waals surface area contributed by atoms with Crippen molar-refractivity contribution in [2.24, 2.45) is 0 Å². The van der Waals surface area contributed by atoms with Gasteiger partial charge in [0.05, 0.1) is 6.04 Å². The highest BCUT2D eigenvalue weighted by molar-refractivity contribution is 7.07. The van der Waals surface area contributed by atoms with Gasteiger partial charge in [0.25, 0.3) is 5.91 Å². The van der Waals surface area contributed by atoms with Crippen molar-refractivity contribution in [2.75, 3.05) is 0 Å². The number of pyridine rings is 1. The molecule has 0 bridgehead atoms. The summed E-state index contributed by atoms with van der Waals surface area (Å²) in [5.74, 6) is -0.0505. The maximum absolute atomic E-state index is 12.0. The second-order valence-electron chi connectivity index (χ2n) is 3.73. The van der Waals surface area contributed by atoms with Crippen molar-refractivity contribution in [2.45, 2.75) is 19.4 Å². The van der Waals surface area contributed by atoms with Crippen LogP contribution in [0.3, 0.4) is 0 Å². The van der Waals surface area contributed by atoms with Crippen LogP contribution in [0.2, 0.25) is 0 Å². The Morgan fingerprint density at radius 3 is 2.76 bits per heavy atom. The molecule has 0 saturated heterocycles. The summed E-state index contributed by atoms with van der Waals surface area (Å²) in [4.78, 5) is 15.9. The summed E-state index contributed by atoms with van der Waals surface area (Å²) in [5.41, 5.74) is 1.81. The Hall–Kier alpha value is -1.68. The number of aromatic nitrogens is 1. The fourth-order valence-corrected chi connectivity index (χ4v) is 2.35. The van der Waals surface area contributed by atoms with Gasteiger partial charge in [0, 0.05) is 18.0 Å². The van der Waals surface area contributed by atoms with E-state index < -0.39 is 0 Å². The molecular formula is C13H14N2OS. The Kier molecular flexibility index (Phi) is 3.88. The number of rotatable bonds is 4. The van der Waals surface area contributed by atoms with Crippen LogP contribution in [0.4, 0.5) is 0 Å². The largest absolute Gasteiger partial charge is 0.345 e. The lowest BCUT2D eigenvalue weighted by atomic mass is 10.1. The fraction of sp³-hybridized carbons (Fsp3) is 0.231. The molecule has 1 atom stereocenters. The molecule has 0 aromatic carbocycles. The van der Waals surface area contributed by atoms with Gasteiger partial charge in [-0.25, -0.2) is 0 Å². The quantitative estimate of drug-likeness (QED) is 0.901. The number of nitrogens with one attached hydrogen (secondary N) is 1. The molecule has 1 N–H and O–H groups in total. The third-order valence-corrected chi connectivity index (χ3v) is 3.30. The lowest BCUT2D eigenvalue weighted by molar-refractivity contribution is 0.0935. The first-order valence-corrected chi connectivity index (χ1v) is 6.48. The van der Waals surface area contributed by atoms with E-state index in [0.29, 0.717) is 5.56 Å². The van der Waals surface area contributed by atoms with E-state index >= 15 is 0 Å². The lowest BCUT2D eigenvalue weighted by Gasteiger charge is -2.15. The minimum absolute atomic E-state index is 0.0505. The molecule has 2 aromatic rings. The van der Waals surface area contributed by atoms with Crippen molar-refractivity contribution >= 4 is 17.2 Å². The van der Waals surface area contributed by atoms with Gasteiger partial charge >= 0.3 is 0 Å². The van der Waals surface area contributed by atoms with E-state index in [2.05, 4.69) is 22.6 Å². The minimum Gasteiger partial charge on any atom is -0.345 e. The van der Waals surface area contributed by atoms with Gasteiger partial charge < -0.3 is 5.32 Å². The van der Waals surface area contributed by atoms with Crippen molar-refractivity contribution in [3.63, 3.8) is 0 Å². The summed E-state index contributed by atoms with van der Waals surface area (Å²) in [5, 5.41) is 7.12. The molecule has 0 spiro atoms. The molecule has 1 amide bonds. The van der Waals surface area contributed by atoms with Crippen LogP contribution < -0.4 is 5.32 Å². The van der Waals surface area contributed by atoms with Gasteiger partial charge in [0.15, 0.2) is 0 Å². The minimum atomic E-state index is -0.0505. The Morgan fingerprint density at radius 1 is 1.41 bits per heavy atom. The maximum Gasteiger partial charge on any atom is 0.251 e. The third-order valence-electron chi connectivity index (χ3n) is 2.60. The molecular weight excluding hydrogens is 232 g/mol. The molecule has 0 fully saturated rings. The smallest absolute Gasteiger partial charge is 0.251 e. The SMILES string of the molecule is CC[C@@H](NC(=O)c1ccncc1)c1ccsc1. The Bertz CT molecular complexity index is 467. The van der Waals surface area contributed by atoms with Gasteiger partial charge in [0.1, 0.15) is 0 Å². The Morgan fingerprint density at radius 2 is 2.18 bits per heavy atom. The first-order valence-electron chi connectivity index (χ1n) is 5.54. The average Bonchev–Trinajstić information content (AvgIpc) is 2.90. The predicted octanol–water partition coefficient (Wildman–Crippen LogP) is 3.02. The predicted molar refractivity (Wildman–Crippen MR) is 69.1 cm³/mol. The summed E-state index contributed by atoms with van der Waals surface area (Å²) in [6.45, 7) is 2.06. The topological polar surface area (TPSA) is 42.0 Å². The molecule has 0 radical (unpaired) electrons. The molecule has 0 aliphatic rings. The van der Waals surface area contributed by atoms with Gasteiger partial charge in [-0.2, -0.15) is 11.3 Å². The second kappa shape index (κ2) is 5.59. The van der Waals surface area contributed by atoms with Crippen LogP contribution in [0, 0.1) is 0 Å². The van der Waals surface area contributed by atoms with E-state index in [1.165, 1.54) is 5.56 Å². The summed E-state index contributed by atoms with van der Waals surface area (Å²) < 4.78 is 0. The molecule has 2 heterocycles. The zero-order chi connectivity index (χ0) is 12.1. The number of nitrogens with zero attached hydrogens (tertiary/aromatic N) is 1. The molecule has 2 aromatic heterocycles. The van der Waals surface area contributed by atoms with Crippen LogP contribution in [0.5, 0.6) is 0 Å². The average molecular weight is 246 g/mol. The molecule has 88 valence electrons. The highest BCUT2D eigenvalue weighted by Crippen LogP contribution is 2.19. The van der Waals surface area contributed by atoms with E-state index in [-0.39, 0.29) is 11.9 Å². The monoisotopic (exact) mass is 246 g/mol. The summed E-state index contributed by atoms with van der Waals surface area (Å²) >= 11 is 1.64. The second-order valence-corrected chi connectivity index (χ2v) is 4.51. The molecule has 3 nitrogen and oxygen atoms in total. The number of thiophene rings is 1. The van der Waals surface area contributed by atoms with E-state index in [1.54, 1.807) is 35.9 Å². The van der Waals surface area contributed by atoms with Crippen LogP contribution >= 0.6 is 11.3 Å². The molecule has 2 rings (SSSR count). The zero-order valence-corrected chi connectivity index (χ0v) is 10.4. The van der Waals surface area contributed by atoms with Gasteiger partial charge in [-0.15, -0.1) is 0 Å². The van der Waals surface area contributed by atoms with Crippen molar-refractivity contribution in [3.8, 4) is 0 Å². The molecule has 0 aliphatic heterocycles. The van der Waals surface area contributed by atoms with E-state index in [1.807, 2.05) is 11.4 Å². The number of hydrogen-bond acceptors (Lipinski definition) is 3. The molecule has 17 heavy (non-hydrogen) atoms. The number of carbonyl (C=O) groups excluding carboxylic acids is 1. The van der Waals surface area contributed by atoms with Gasteiger partial charge in [-0.3, -0.25) is 9.78 Å². The van der Waals surface area contributed by atoms with E-state index in [0.717, 1.165) is 6.42 Å². The van der Waals surface area contributed by atoms with Crippen LogP contribution in [0.15, 0.2) is 41.4 Å². The fourth-order valence-electron chi connectivity index (χ4n) is 1.64. The molecule has 4 heteroatoms. The van der Waals surface area contributed by atoms with Crippen molar-refractivity contribution in [3.05, 3.63) is 52.5 Å². The first-order chi connectivity index (χ1) is 8.31. The van der Waals surface area contributed by atoms with Crippen molar-refractivity contribution < 1.29 is 4.79 Å². The first kappa shape index (κ1) is 11.8. The number of hydrogen-bond donors (Lipinski definition) is 1. The van der Waals surface area contributed by atoms with Gasteiger partial charge in [-0.1, -0.05) is 6.92 Å². The van der Waals surface area contributed by atoms with Crippen molar-refractivity contribution in [1.29, 1.82) is 0 Å². The lowest BCUT2D eigenvalue weighted by Crippen LogP contribution is -2.27. The normalized spacial score (nSPS) is 12.1. The van der Waals surface area contributed by atoms with Gasteiger partial charge in [-0.05, 0) is 40.9 Å².